The number of fused-ring (bicyclic) bond motifs is 2. The number of rotatable bonds is 18. The molecule has 2 fully saturated rings. The van der Waals surface area contributed by atoms with Crippen molar-refractivity contribution >= 4 is 32.0 Å². The van der Waals surface area contributed by atoms with Crippen LogP contribution in [0.3, 0.4) is 0 Å². The fraction of sp³-hybridized carbons (Fsp3) is 0.444. The van der Waals surface area contributed by atoms with Crippen molar-refractivity contribution in [3.8, 4) is 17.6 Å². The number of aromatic amines is 1. The van der Waals surface area contributed by atoms with Crippen molar-refractivity contribution in [1.29, 1.82) is 5.26 Å². The summed E-state index contributed by atoms with van der Waals surface area (Å²) >= 11 is 0. The molecule has 2 aliphatic rings. The van der Waals surface area contributed by atoms with Gasteiger partial charge in [0.25, 0.3) is 14.1 Å². The van der Waals surface area contributed by atoms with Crippen LogP contribution in [0.2, 0.25) is 0 Å². The molecule has 15 nitrogen and oxygen atoms in total. The van der Waals surface area contributed by atoms with Crippen LogP contribution < -0.4 is 15.0 Å². The minimum Gasteiger partial charge on any atom is -0.497 e. The zero-order chi connectivity index (χ0) is 43.3. The SMILES string of the molecule is COc1ccc(C(O[C@H]2C[C@H]3O[C@@H](n4cnc5c(=O)[nH]c(/N=C/N(C)C)nc54)C[C@@]3(OP(OCCC#N)N(C(C)C)C(C)C)C2)(c2ccccc2)c2ccc(OC)cc2)cc1. The monoisotopic (exact) mass is 850 g/mol. The van der Waals surface area contributed by atoms with Crippen LogP contribution in [0.5, 0.6) is 11.5 Å². The Labute approximate surface area is 358 Å². The molecule has 2 aromatic heterocycles. The summed E-state index contributed by atoms with van der Waals surface area (Å²) in [6, 6.07) is 28.6. The Kier molecular flexibility index (Phi) is 13.5. The number of aromatic nitrogens is 4. The van der Waals surface area contributed by atoms with Gasteiger partial charge < -0.3 is 32.9 Å². The summed E-state index contributed by atoms with van der Waals surface area (Å²) in [7, 11) is 5.28. The van der Waals surface area contributed by atoms with Gasteiger partial charge in [-0.15, -0.1) is 0 Å². The van der Waals surface area contributed by atoms with Gasteiger partial charge in [0.2, 0.25) is 5.95 Å². The molecule has 1 unspecified atom stereocenters. The first-order valence-corrected chi connectivity index (χ1v) is 21.7. The molecule has 322 valence electrons. The highest BCUT2D eigenvalue weighted by Crippen LogP contribution is 2.60. The molecule has 1 aliphatic carbocycles. The molecule has 5 atom stereocenters. The fourth-order valence-electron chi connectivity index (χ4n) is 8.44. The van der Waals surface area contributed by atoms with Crippen LogP contribution in [-0.4, -0.2) is 100 Å². The number of imidazole rings is 1. The smallest absolute Gasteiger partial charge is 0.280 e. The number of benzene rings is 3. The summed E-state index contributed by atoms with van der Waals surface area (Å²) in [6.07, 6.45) is 3.22. The quantitative estimate of drug-likeness (QED) is 0.0299. The second-order valence-electron chi connectivity index (χ2n) is 16.1. The maximum atomic E-state index is 13.2. The first-order valence-electron chi connectivity index (χ1n) is 20.5. The number of ether oxygens (including phenoxy) is 4. The van der Waals surface area contributed by atoms with E-state index in [4.69, 9.17) is 33.0 Å². The summed E-state index contributed by atoms with van der Waals surface area (Å²) in [6.45, 7) is 8.68. The van der Waals surface area contributed by atoms with Gasteiger partial charge in [-0.2, -0.15) is 10.2 Å². The zero-order valence-electron chi connectivity index (χ0n) is 36.0. The molecule has 5 aromatic rings. The second kappa shape index (κ2) is 18.8. The molecule has 1 saturated heterocycles. The van der Waals surface area contributed by atoms with E-state index in [0.717, 1.165) is 28.2 Å². The molecule has 1 N–H and O–H groups in total. The Morgan fingerprint density at radius 1 is 0.984 bits per heavy atom. The van der Waals surface area contributed by atoms with Gasteiger partial charge in [0.05, 0.1) is 58.2 Å². The van der Waals surface area contributed by atoms with Crippen molar-refractivity contribution in [3.63, 3.8) is 0 Å². The molecule has 0 bridgehead atoms. The fourth-order valence-corrected chi connectivity index (χ4v) is 10.3. The van der Waals surface area contributed by atoms with E-state index in [0.29, 0.717) is 24.9 Å². The van der Waals surface area contributed by atoms with Crippen LogP contribution in [0.15, 0.2) is 95.0 Å². The minimum absolute atomic E-state index is 0.0696. The third kappa shape index (κ3) is 9.07. The summed E-state index contributed by atoms with van der Waals surface area (Å²) in [4.78, 5) is 31.2. The molecule has 61 heavy (non-hydrogen) atoms. The van der Waals surface area contributed by atoms with Crippen molar-refractivity contribution in [1.82, 2.24) is 29.1 Å². The zero-order valence-corrected chi connectivity index (χ0v) is 36.9. The number of hydrogen-bond acceptors (Lipinski definition) is 12. The van der Waals surface area contributed by atoms with Gasteiger partial charge in [0, 0.05) is 45.4 Å². The van der Waals surface area contributed by atoms with E-state index < -0.39 is 37.6 Å². The maximum absolute atomic E-state index is 13.2. The molecule has 7 rings (SSSR count). The molecule has 3 aromatic carbocycles. The normalized spacial score (nSPS) is 20.8. The standard InChI is InChI=1S/C45H55N8O7P/c1-30(2)53(31(3)4)61(57-24-12-23-46)60-44-26-37(25-38(44)58-39(27-44)52-29-47-40-41(52)49-43(50-42(40)54)48-28-51(5)6)59-45(32-13-10-9-11-14-32,33-15-19-35(55-7)20-16-33)34-17-21-36(56-8)22-18-34/h9-11,13-22,28-31,37-39H,12,24-27H2,1-8H3,(H,49,50,54)/b48-28+/t37-,38+,39+,44-,61?/m0/s1. The van der Waals surface area contributed by atoms with Crippen molar-refractivity contribution < 1.29 is 28.0 Å². The molecule has 1 saturated carbocycles. The van der Waals surface area contributed by atoms with Gasteiger partial charge in [0.1, 0.15) is 28.9 Å². The predicted octanol–water partition coefficient (Wildman–Crippen LogP) is 7.85. The Bertz CT molecular complexity index is 2310. The number of aliphatic imine (C=N–C) groups is 1. The number of nitriles is 1. The first kappa shape index (κ1) is 43.9. The number of H-pyrrole nitrogens is 1. The lowest BCUT2D eigenvalue weighted by atomic mass is 9.79. The highest BCUT2D eigenvalue weighted by molar-refractivity contribution is 7.44. The number of methoxy groups -OCH3 is 2. The van der Waals surface area contributed by atoms with Crippen LogP contribution in [-0.2, 0) is 24.1 Å². The van der Waals surface area contributed by atoms with Crippen LogP contribution in [0.25, 0.3) is 11.2 Å². The predicted molar refractivity (Wildman–Crippen MR) is 234 cm³/mol. The van der Waals surface area contributed by atoms with Gasteiger partial charge in [-0.25, -0.2) is 14.6 Å². The van der Waals surface area contributed by atoms with E-state index in [1.807, 2.05) is 80.8 Å². The summed E-state index contributed by atoms with van der Waals surface area (Å²) in [5.74, 6) is 1.61. The van der Waals surface area contributed by atoms with Crippen LogP contribution >= 0.6 is 8.53 Å². The van der Waals surface area contributed by atoms with E-state index in [9.17, 15) is 10.1 Å². The van der Waals surface area contributed by atoms with Crippen molar-refractivity contribution in [2.45, 2.75) is 95.1 Å². The average Bonchev–Trinajstić information content (AvgIpc) is 3.93. The van der Waals surface area contributed by atoms with E-state index >= 15 is 0 Å². The lowest BCUT2D eigenvalue weighted by Crippen LogP contribution is -2.41. The van der Waals surface area contributed by atoms with Crippen LogP contribution in [0.4, 0.5) is 5.95 Å². The van der Waals surface area contributed by atoms with Gasteiger partial charge in [0.15, 0.2) is 11.2 Å². The highest BCUT2D eigenvalue weighted by Gasteiger charge is 2.60. The third-order valence-corrected chi connectivity index (χ3v) is 13.3. The lowest BCUT2D eigenvalue weighted by Gasteiger charge is -2.41. The Balaban J connectivity index is 1.33. The number of nitrogens with one attached hydrogen (secondary N) is 1. The van der Waals surface area contributed by atoms with Gasteiger partial charge >= 0.3 is 0 Å². The average molecular weight is 851 g/mol. The van der Waals surface area contributed by atoms with Crippen LogP contribution in [0.1, 0.15) is 76.3 Å². The molecule has 0 amide bonds. The van der Waals surface area contributed by atoms with Crippen molar-refractivity contribution in [2.24, 2.45) is 4.99 Å². The van der Waals surface area contributed by atoms with Gasteiger partial charge in [-0.1, -0.05) is 54.6 Å². The van der Waals surface area contributed by atoms with E-state index in [2.05, 4.69) is 65.5 Å². The number of nitrogens with zero attached hydrogens (tertiary/aromatic N) is 7. The molecule has 16 heteroatoms. The van der Waals surface area contributed by atoms with Crippen LogP contribution in [0, 0.1) is 11.3 Å². The van der Waals surface area contributed by atoms with Gasteiger partial charge in [-0.3, -0.25) is 14.3 Å². The highest BCUT2D eigenvalue weighted by atomic mass is 31.2. The van der Waals surface area contributed by atoms with E-state index in [-0.39, 0.29) is 42.7 Å². The topological polar surface area (TPSA) is 162 Å². The van der Waals surface area contributed by atoms with Gasteiger partial charge in [-0.05, 0) is 68.7 Å². The van der Waals surface area contributed by atoms with Crippen molar-refractivity contribution in [3.05, 3.63) is 112 Å². The maximum Gasteiger partial charge on any atom is 0.280 e. The first-order chi connectivity index (χ1) is 29.4. The Morgan fingerprint density at radius 2 is 1.61 bits per heavy atom. The largest absolute Gasteiger partial charge is 0.497 e. The van der Waals surface area contributed by atoms with E-state index in [1.165, 1.54) is 0 Å². The second-order valence-corrected chi connectivity index (χ2v) is 17.5. The third-order valence-electron chi connectivity index (χ3n) is 11.1. The molecule has 3 heterocycles. The lowest BCUT2D eigenvalue weighted by molar-refractivity contribution is -0.0648. The minimum atomic E-state index is -1.69. The Hall–Kier alpha value is -5.20. The van der Waals surface area contributed by atoms with Crippen molar-refractivity contribution in [2.75, 3.05) is 34.9 Å². The Morgan fingerprint density at radius 3 is 2.18 bits per heavy atom. The molecule has 0 spiro atoms. The molecular formula is C45H55N8O7P. The number of hydrogen-bond donors (Lipinski definition) is 1. The van der Waals surface area contributed by atoms with E-state index in [1.54, 1.807) is 36.4 Å². The summed E-state index contributed by atoms with van der Waals surface area (Å²) in [5, 5.41) is 9.50. The molecular weight excluding hydrogens is 796 g/mol. The summed E-state index contributed by atoms with van der Waals surface area (Å²) in [5.41, 5.74) is 0.896. The molecule has 0 radical (unpaired) electrons. The molecule has 1 aliphatic heterocycles. The summed E-state index contributed by atoms with van der Waals surface area (Å²) < 4.78 is 43.8.